The summed E-state index contributed by atoms with van der Waals surface area (Å²) in [7, 11) is 1.47. The largest absolute Gasteiger partial charge is 0.496 e. The van der Waals surface area contributed by atoms with Crippen LogP contribution in [0.15, 0.2) is 42.5 Å². The van der Waals surface area contributed by atoms with Gasteiger partial charge in [0.1, 0.15) is 23.7 Å². The summed E-state index contributed by atoms with van der Waals surface area (Å²) in [5, 5.41) is 2.65. The van der Waals surface area contributed by atoms with Gasteiger partial charge in [0.15, 0.2) is 6.61 Å². The van der Waals surface area contributed by atoms with Gasteiger partial charge in [0.05, 0.1) is 13.7 Å². The number of nitrogens with one attached hydrogen (secondary N) is 1. The summed E-state index contributed by atoms with van der Waals surface area (Å²) in [4.78, 5) is 23.8. The molecule has 2 aromatic carbocycles. The molecule has 0 radical (unpaired) electrons. The van der Waals surface area contributed by atoms with Crippen molar-refractivity contribution in [2.24, 2.45) is 0 Å². The van der Waals surface area contributed by atoms with Crippen molar-refractivity contribution in [3.8, 4) is 11.5 Å². The minimum Gasteiger partial charge on any atom is -0.496 e. The van der Waals surface area contributed by atoms with E-state index >= 15 is 0 Å². The lowest BCUT2D eigenvalue weighted by Gasteiger charge is -2.11. The number of hydrogen-bond donors (Lipinski definition) is 1. The summed E-state index contributed by atoms with van der Waals surface area (Å²) in [6.45, 7) is 4.27. The van der Waals surface area contributed by atoms with Crippen molar-refractivity contribution >= 4 is 11.9 Å². The molecule has 0 aromatic heterocycles. The molecule has 138 valence electrons. The van der Waals surface area contributed by atoms with E-state index in [1.165, 1.54) is 12.7 Å². The molecule has 0 saturated heterocycles. The predicted molar refractivity (Wildman–Crippen MR) is 97.7 cm³/mol. The first-order chi connectivity index (χ1) is 12.5. The first-order valence-corrected chi connectivity index (χ1v) is 8.28. The number of methoxy groups -OCH3 is 1. The number of rotatable bonds is 8. The van der Waals surface area contributed by atoms with Crippen molar-refractivity contribution < 1.29 is 23.8 Å². The Morgan fingerprint density at radius 1 is 1.04 bits per heavy atom. The molecule has 0 spiro atoms. The Hall–Kier alpha value is -3.02. The zero-order valence-electron chi connectivity index (χ0n) is 15.2. The van der Waals surface area contributed by atoms with Crippen molar-refractivity contribution in [3.05, 3.63) is 59.2 Å². The van der Waals surface area contributed by atoms with E-state index < -0.39 is 11.9 Å². The van der Waals surface area contributed by atoms with Gasteiger partial charge < -0.3 is 19.5 Å². The van der Waals surface area contributed by atoms with Gasteiger partial charge in [-0.05, 0) is 37.6 Å². The van der Waals surface area contributed by atoms with Crippen LogP contribution in [0.4, 0.5) is 0 Å². The fraction of sp³-hybridized carbons (Fsp3) is 0.300. The highest BCUT2D eigenvalue weighted by Gasteiger charge is 2.14. The molecular formula is C20H23NO5. The summed E-state index contributed by atoms with van der Waals surface area (Å²) >= 11 is 0. The van der Waals surface area contributed by atoms with E-state index in [1.807, 2.05) is 32.0 Å². The van der Waals surface area contributed by atoms with Crippen molar-refractivity contribution in [2.45, 2.75) is 13.8 Å². The zero-order chi connectivity index (χ0) is 18.9. The van der Waals surface area contributed by atoms with Gasteiger partial charge >= 0.3 is 5.97 Å². The first-order valence-electron chi connectivity index (χ1n) is 8.28. The molecule has 1 amide bonds. The van der Waals surface area contributed by atoms with Gasteiger partial charge in [0.2, 0.25) is 0 Å². The molecule has 0 bridgehead atoms. The summed E-state index contributed by atoms with van der Waals surface area (Å²) in [6, 6.07) is 12.6. The Morgan fingerprint density at radius 3 is 2.54 bits per heavy atom. The highest BCUT2D eigenvalue weighted by molar-refractivity contribution is 5.93. The molecular weight excluding hydrogens is 334 g/mol. The van der Waals surface area contributed by atoms with Crippen LogP contribution in [0, 0.1) is 13.8 Å². The predicted octanol–water partition coefficient (Wildman–Crippen LogP) is 2.66. The molecule has 0 atom stereocenters. The SMILES string of the molecule is COc1ccccc1C(=O)OCC(=O)NCCOc1ccc(C)cc1C. The van der Waals surface area contributed by atoms with Crippen LogP contribution in [0.1, 0.15) is 21.5 Å². The highest BCUT2D eigenvalue weighted by atomic mass is 16.5. The Morgan fingerprint density at radius 2 is 1.81 bits per heavy atom. The smallest absolute Gasteiger partial charge is 0.342 e. The van der Waals surface area contributed by atoms with E-state index in [2.05, 4.69) is 5.32 Å². The average Bonchev–Trinajstić information content (AvgIpc) is 2.64. The van der Waals surface area contributed by atoms with Crippen molar-refractivity contribution in [1.82, 2.24) is 5.32 Å². The second-order valence-electron chi connectivity index (χ2n) is 5.74. The Balaban J connectivity index is 1.71. The van der Waals surface area contributed by atoms with Crippen LogP contribution in [0.5, 0.6) is 11.5 Å². The second kappa shape index (κ2) is 9.46. The topological polar surface area (TPSA) is 73.9 Å². The van der Waals surface area contributed by atoms with E-state index in [1.54, 1.807) is 24.3 Å². The highest BCUT2D eigenvalue weighted by Crippen LogP contribution is 2.19. The van der Waals surface area contributed by atoms with Crippen molar-refractivity contribution in [1.29, 1.82) is 0 Å². The number of hydrogen-bond acceptors (Lipinski definition) is 5. The fourth-order valence-corrected chi connectivity index (χ4v) is 2.39. The maximum Gasteiger partial charge on any atom is 0.342 e. The molecule has 0 aliphatic rings. The number of benzene rings is 2. The zero-order valence-corrected chi connectivity index (χ0v) is 15.2. The molecule has 0 aliphatic heterocycles. The van der Waals surface area contributed by atoms with Crippen LogP contribution in [-0.2, 0) is 9.53 Å². The third kappa shape index (κ3) is 5.51. The van der Waals surface area contributed by atoms with Gasteiger partial charge in [0.25, 0.3) is 5.91 Å². The molecule has 0 unspecified atom stereocenters. The van der Waals surface area contributed by atoms with Gasteiger partial charge in [-0.3, -0.25) is 4.79 Å². The summed E-state index contributed by atoms with van der Waals surface area (Å²) < 4.78 is 15.7. The van der Waals surface area contributed by atoms with E-state index in [0.717, 1.165) is 11.3 Å². The lowest BCUT2D eigenvalue weighted by molar-refractivity contribution is -0.124. The number of ether oxygens (including phenoxy) is 3. The second-order valence-corrected chi connectivity index (χ2v) is 5.74. The number of aryl methyl sites for hydroxylation is 2. The number of esters is 1. The van der Waals surface area contributed by atoms with Gasteiger partial charge in [-0.25, -0.2) is 4.79 Å². The molecule has 0 aliphatic carbocycles. The molecule has 6 heteroatoms. The van der Waals surface area contributed by atoms with Crippen LogP contribution in [0.2, 0.25) is 0 Å². The molecule has 0 heterocycles. The first kappa shape index (κ1) is 19.3. The van der Waals surface area contributed by atoms with E-state index in [-0.39, 0.29) is 12.2 Å². The number of para-hydroxylation sites is 1. The maximum absolute atomic E-state index is 12.0. The van der Waals surface area contributed by atoms with E-state index in [9.17, 15) is 9.59 Å². The Bertz CT molecular complexity index is 773. The number of amides is 1. The van der Waals surface area contributed by atoms with Crippen LogP contribution >= 0.6 is 0 Å². The van der Waals surface area contributed by atoms with Crippen LogP contribution in [0.3, 0.4) is 0 Å². The average molecular weight is 357 g/mol. The van der Waals surface area contributed by atoms with E-state index in [4.69, 9.17) is 14.2 Å². The summed E-state index contributed by atoms with van der Waals surface area (Å²) in [5.41, 5.74) is 2.49. The molecule has 2 rings (SSSR count). The third-order valence-electron chi connectivity index (χ3n) is 3.67. The normalized spacial score (nSPS) is 10.1. The minimum atomic E-state index is -0.607. The van der Waals surface area contributed by atoms with Gasteiger partial charge in [0, 0.05) is 0 Å². The molecule has 1 N–H and O–H groups in total. The quantitative estimate of drug-likeness (QED) is 0.581. The van der Waals surface area contributed by atoms with Crippen molar-refractivity contribution in [2.75, 3.05) is 26.9 Å². The molecule has 2 aromatic rings. The maximum atomic E-state index is 12.0. The standard InChI is InChI=1S/C20H23NO5/c1-14-8-9-17(15(2)12-14)25-11-10-21-19(22)13-26-20(23)16-6-4-5-7-18(16)24-3/h4-9,12H,10-11,13H2,1-3H3,(H,21,22). The number of carbonyl (C=O) groups excluding carboxylic acids is 2. The monoisotopic (exact) mass is 357 g/mol. The van der Waals surface area contributed by atoms with Crippen LogP contribution in [-0.4, -0.2) is 38.7 Å². The molecule has 6 nitrogen and oxygen atoms in total. The lowest BCUT2D eigenvalue weighted by Crippen LogP contribution is -2.32. The van der Waals surface area contributed by atoms with Gasteiger partial charge in [-0.2, -0.15) is 0 Å². The Kier molecular flexibility index (Phi) is 7.02. The molecule has 26 heavy (non-hydrogen) atoms. The Labute approximate surface area is 153 Å². The van der Waals surface area contributed by atoms with E-state index in [0.29, 0.717) is 18.9 Å². The molecule has 0 saturated carbocycles. The molecule has 0 fully saturated rings. The van der Waals surface area contributed by atoms with Gasteiger partial charge in [-0.1, -0.05) is 29.8 Å². The lowest BCUT2D eigenvalue weighted by atomic mass is 10.1. The fourth-order valence-electron chi connectivity index (χ4n) is 2.39. The summed E-state index contributed by atoms with van der Waals surface area (Å²) in [5.74, 6) is 0.189. The van der Waals surface area contributed by atoms with Gasteiger partial charge in [-0.15, -0.1) is 0 Å². The number of carbonyl (C=O) groups is 2. The van der Waals surface area contributed by atoms with Crippen molar-refractivity contribution in [3.63, 3.8) is 0 Å². The summed E-state index contributed by atoms with van der Waals surface area (Å²) in [6.07, 6.45) is 0. The van der Waals surface area contributed by atoms with Crippen LogP contribution in [0.25, 0.3) is 0 Å². The van der Waals surface area contributed by atoms with Crippen LogP contribution < -0.4 is 14.8 Å². The minimum absolute atomic E-state index is 0.279. The third-order valence-corrected chi connectivity index (χ3v) is 3.67.